The number of hydrogen-bond donors (Lipinski definition) is 2. The van der Waals surface area contributed by atoms with Crippen LogP contribution in [0.15, 0.2) is 42.6 Å². The van der Waals surface area contributed by atoms with E-state index < -0.39 is 6.61 Å². The van der Waals surface area contributed by atoms with Gasteiger partial charge in [-0.1, -0.05) is 18.2 Å². The van der Waals surface area contributed by atoms with Crippen molar-refractivity contribution in [2.24, 2.45) is 0 Å². The summed E-state index contributed by atoms with van der Waals surface area (Å²) in [4.78, 5) is 25.0. The molecule has 9 heteroatoms. The van der Waals surface area contributed by atoms with E-state index in [4.69, 9.17) is 14.8 Å². The molecule has 0 radical (unpaired) electrons. The van der Waals surface area contributed by atoms with Crippen LogP contribution < -0.4 is 9.64 Å². The summed E-state index contributed by atoms with van der Waals surface area (Å²) in [5.74, 6) is 1.25. The lowest BCUT2D eigenvalue weighted by Gasteiger charge is -2.44. The van der Waals surface area contributed by atoms with E-state index in [2.05, 4.69) is 46.1 Å². The number of carbonyl (C=O) groups is 1. The van der Waals surface area contributed by atoms with Crippen LogP contribution >= 0.6 is 0 Å². The zero-order valence-electron chi connectivity index (χ0n) is 20.2. The van der Waals surface area contributed by atoms with E-state index in [-0.39, 0.29) is 11.9 Å². The highest BCUT2D eigenvalue weighted by Gasteiger charge is 2.33. The Kier molecular flexibility index (Phi) is 5.86. The summed E-state index contributed by atoms with van der Waals surface area (Å²) in [6.07, 6.45) is 1.80. The Balaban J connectivity index is 1.44. The second-order valence-electron chi connectivity index (χ2n) is 8.88. The lowest BCUT2D eigenvalue weighted by Crippen LogP contribution is -2.60. The van der Waals surface area contributed by atoms with Crippen molar-refractivity contribution in [1.82, 2.24) is 25.1 Å². The highest BCUT2D eigenvalue weighted by Crippen LogP contribution is 2.36. The summed E-state index contributed by atoms with van der Waals surface area (Å²) in [5, 5.41) is 16.6. The van der Waals surface area contributed by atoms with Gasteiger partial charge in [-0.15, -0.1) is 0 Å². The standard InChI is InChI=1S/C26H28N6O3/c1-15-6-5-7-19(16(15)2)25-21(35-4)10-20-26(28-25)24(30-29-20)17-8-9-22(27-11-17)32-12-18(13-32)31(3)23(34)14-33/h5-11,18,33H,12-14H2,1-4H3,(H,29,30). The van der Waals surface area contributed by atoms with Crippen LogP contribution in [0.3, 0.4) is 0 Å². The minimum absolute atomic E-state index is 0.0779. The molecule has 0 saturated carbocycles. The predicted octanol–water partition coefficient (Wildman–Crippen LogP) is 2.95. The number of methoxy groups -OCH3 is 1. The molecule has 5 rings (SSSR count). The van der Waals surface area contributed by atoms with Crippen molar-refractivity contribution in [3.63, 3.8) is 0 Å². The van der Waals surface area contributed by atoms with E-state index in [1.807, 2.05) is 24.3 Å². The zero-order chi connectivity index (χ0) is 24.7. The fourth-order valence-corrected chi connectivity index (χ4v) is 4.40. The number of aliphatic hydroxyl groups excluding tert-OH is 1. The first kappa shape index (κ1) is 22.8. The van der Waals surface area contributed by atoms with Crippen LogP contribution in [0.2, 0.25) is 0 Å². The van der Waals surface area contributed by atoms with E-state index in [9.17, 15) is 4.79 Å². The van der Waals surface area contributed by atoms with Crippen LogP contribution in [-0.2, 0) is 4.79 Å². The molecule has 0 bridgehead atoms. The van der Waals surface area contributed by atoms with Crippen molar-refractivity contribution in [2.45, 2.75) is 19.9 Å². The number of rotatable bonds is 6. The number of carbonyl (C=O) groups excluding carboxylic acids is 1. The van der Waals surface area contributed by atoms with Crippen molar-refractivity contribution in [3.8, 4) is 28.3 Å². The number of fused-ring (bicyclic) bond motifs is 1. The molecule has 1 amide bonds. The Morgan fingerprint density at radius 3 is 2.71 bits per heavy atom. The van der Waals surface area contributed by atoms with Crippen LogP contribution in [0.4, 0.5) is 5.82 Å². The zero-order valence-corrected chi connectivity index (χ0v) is 20.2. The van der Waals surface area contributed by atoms with E-state index in [0.29, 0.717) is 18.8 Å². The Labute approximate surface area is 203 Å². The minimum Gasteiger partial charge on any atom is -0.494 e. The van der Waals surface area contributed by atoms with Crippen LogP contribution in [0.1, 0.15) is 11.1 Å². The smallest absolute Gasteiger partial charge is 0.248 e. The number of benzene rings is 1. The fraction of sp³-hybridized carbons (Fsp3) is 0.308. The highest BCUT2D eigenvalue weighted by atomic mass is 16.5. The molecule has 0 unspecified atom stereocenters. The Morgan fingerprint density at radius 2 is 2.03 bits per heavy atom. The number of nitrogens with one attached hydrogen (secondary N) is 1. The molecular weight excluding hydrogens is 444 g/mol. The molecule has 0 aliphatic carbocycles. The maximum Gasteiger partial charge on any atom is 0.248 e. The number of anilines is 1. The maximum absolute atomic E-state index is 11.7. The maximum atomic E-state index is 11.7. The molecule has 1 aliphatic rings. The molecule has 1 aromatic carbocycles. The van der Waals surface area contributed by atoms with Crippen molar-refractivity contribution < 1.29 is 14.6 Å². The summed E-state index contributed by atoms with van der Waals surface area (Å²) in [7, 11) is 3.36. The van der Waals surface area contributed by atoms with Crippen molar-refractivity contribution >= 4 is 22.8 Å². The molecule has 0 spiro atoms. The highest BCUT2D eigenvalue weighted by molar-refractivity contribution is 5.93. The molecule has 1 fully saturated rings. The third-order valence-electron chi connectivity index (χ3n) is 6.86. The third-order valence-corrected chi connectivity index (χ3v) is 6.86. The number of likely N-dealkylation sites (N-methyl/N-ethyl adjacent to an activating group) is 1. The number of aliphatic hydroxyl groups is 1. The van der Waals surface area contributed by atoms with Crippen LogP contribution in [0, 0.1) is 13.8 Å². The largest absolute Gasteiger partial charge is 0.494 e. The Morgan fingerprint density at radius 1 is 1.23 bits per heavy atom. The Hall–Kier alpha value is -3.98. The van der Waals surface area contributed by atoms with E-state index in [1.54, 1.807) is 25.3 Å². The first-order chi connectivity index (χ1) is 16.9. The van der Waals surface area contributed by atoms with E-state index in [0.717, 1.165) is 44.9 Å². The number of aromatic amines is 1. The topological polar surface area (TPSA) is 107 Å². The van der Waals surface area contributed by atoms with Gasteiger partial charge >= 0.3 is 0 Å². The molecule has 4 aromatic rings. The molecule has 3 aromatic heterocycles. The summed E-state index contributed by atoms with van der Waals surface area (Å²) in [5.41, 5.74) is 7.29. The van der Waals surface area contributed by atoms with Gasteiger partial charge in [-0.2, -0.15) is 5.10 Å². The summed E-state index contributed by atoms with van der Waals surface area (Å²) >= 11 is 0. The molecule has 0 atom stereocenters. The summed E-state index contributed by atoms with van der Waals surface area (Å²) < 4.78 is 5.66. The second kappa shape index (κ2) is 8.99. The molecule has 1 saturated heterocycles. The number of aromatic nitrogens is 4. The van der Waals surface area contributed by atoms with E-state index >= 15 is 0 Å². The van der Waals surface area contributed by atoms with Crippen LogP contribution in [-0.4, -0.2) is 76.0 Å². The average Bonchev–Trinajstić information content (AvgIpc) is 3.26. The van der Waals surface area contributed by atoms with Crippen LogP contribution in [0.25, 0.3) is 33.5 Å². The average molecular weight is 473 g/mol. The lowest BCUT2D eigenvalue weighted by atomic mass is 9.99. The molecule has 4 heterocycles. The molecule has 2 N–H and O–H groups in total. The van der Waals surface area contributed by atoms with Gasteiger partial charge in [0.05, 0.1) is 18.7 Å². The number of nitrogens with zero attached hydrogens (tertiary/aromatic N) is 5. The molecule has 9 nitrogen and oxygen atoms in total. The second-order valence-corrected chi connectivity index (χ2v) is 8.88. The molecule has 35 heavy (non-hydrogen) atoms. The van der Waals surface area contributed by atoms with Crippen molar-refractivity contribution in [1.29, 1.82) is 0 Å². The monoisotopic (exact) mass is 472 g/mol. The van der Waals surface area contributed by atoms with Crippen LogP contribution in [0.5, 0.6) is 5.75 Å². The number of hydrogen-bond acceptors (Lipinski definition) is 7. The summed E-state index contributed by atoms with van der Waals surface area (Å²) in [6.45, 7) is 5.07. The number of ether oxygens (including phenoxy) is 1. The van der Waals surface area contributed by atoms with Gasteiger partial charge in [0.2, 0.25) is 5.91 Å². The quantitative estimate of drug-likeness (QED) is 0.444. The predicted molar refractivity (Wildman–Crippen MR) is 134 cm³/mol. The molecular formula is C26H28N6O3. The SMILES string of the molecule is COc1cc2[nH]nc(-c3ccc(N4CC(N(C)C(=O)CO)C4)nc3)c2nc1-c1cccc(C)c1C. The minimum atomic E-state index is -0.470. The first-order valence-electron chi connectivity index (χ1n) is 11.5. The molecule has 180 valence electrons. The summed E-state index contributed by atoms with van der Waals surface area (Å²) in [6, 6.07) is 12.1. The van der Waals surface area contributed by atoms with E-state index in [1.165, 1.54) is 5.56 Å². The van der Waals surface area contributed by atoms with Crippen molar-refractivity contribution in [3.05, 3.63) is 53.7 Å². The van der Waals surface area contributed by atoms with Gasteiger partial charge in [0, 0.05) is 43.5 Å². The number of pyridine rings is 2. The number of H-pyrrole nitrogens is 1. The normalized spacial score (nSPS) is 13.7. The van der Waals surface area contributed by atoms with Gasteiger partial charge in [-0.25, -0.2) is 9.97 Å². The lowest BCUT2D eigenvalue weighted by molar-refractivity contribution is -0.135. The van der Waals surface area contributed by atoms with Gasteiger partial charge in [0.25, 0.3) is 0 Å². The fourth-order valence-electron chi connectivity index (χ4n) is 4.40. The van der Waals surface area contributed by atoms with Crippen molar-refractivity contribution in [2.75, 3.05) is 38.8 Å². The Bertz CT molecular complexity index is 1390. The molecule has 1 aliphatic heterocycles. The third kappa shape index (κ3) is 3.97. The van der Waals surface area contributed by atoms with Gasteiger partial charge in [-0.05, 0) is 37.1 Å². The van der Waals surface area contributed by atoms with Gasteiger partial charge in [0.1, 0.15) is 35.1 Å². The van der Waals surface area contributed by atoms with Gasteiger partial charge < -0.3 is 19.6 Å². The number of amides is 1. The first-order valence-corrected chi connectivity index (χ1v) is 11.5. The van der Waals surface area contributed by atoms with Gasteiger partial charge in [-0.3, -0.25) is 9.89 Å². The number of aryl methyl sites for hydroxylation is 1. The van der Waals surface area contributed by atoms with Gasteiger partial charge in [0.15, 0.2) is 0 Å².